The number of benzene rings is 11. The zero-order valence-corrected chi connectivity index (χ0v) is 52.2. The number of furan rings is 1. The number of para-hydroxylation sites is 1. The minimum Gasteiger partial charge on any atom is -0.489 e. The third-order valence-electron chi connectivity index (χ3n) is 21.0. The summed E-state index contributed by atoms with van der Waals surface area (Å²) < 4.78 is 34.5. The van der Waals surface area contributed by atoms with Gasteiger partial charge in [-0.25, -0.2) is 0 Å². The molecular formula is C84H65BN2O5. The van der Waals surface area contributed by atoms with Gasteiger partial charge in [0.15, 0.2) is 23.0 Å². The van der Waals surface area contributed by atoms with Crippen LogP contribution in [0.3, 0.4) is 0 Å². The van der Waals surface area contributed by atoms with E-state index < -0.39 is 0 Å². The van der Waals surface area contributed by atoms with Crippen LogP contribution in [0.1, 0.15) is 85.0 Å². The Morgan fingerprint density at radius 2 is 0.935 bits per heavy atom. The summed E-state index contributed by atoms with van der Waals surface area (Å²) in [5.41, 5.74) is 32.3. The highest BCUT2D eigenvalue weighted by atomic mass is 16.5. The van der Waals surface area contributed by atoms with Crippen molar-refractivity contribution >= 4 is 79.8 Å². The van der Waals surface area contributed by atoms with Gasteiger partial charge in [-0.15, -0.1) is 0 Å². The van der Waals surface area contributed by atoms with E-state index in [9.17, 15) is 0 Å². The Bertz CT molecular complexity index is 5190. The van der Waals surface area contributed by atoms with E-state index >= 15 is 0 Å². The van der Waals surface area contributed by atoms with Crippen molar-refractivity contribution in [3.8, 4) is 78.8 Å². The molecule has 7 aliphatic rings. The van der Waals surface area contributed by atoms with E-state index in [4.69, 9.17) is 23.4 Å². The van der Waals surface area contributed by atoms with Crippen molar-refractivity contribution in [2.24, 2.45) is 0 Å². The molecule has 19 rings (SSSR count). The van der Waals surface area contributed by atoms with E-state index in [2.05, 4.69) is 257 Å². The quantitative estimate of drug-likeness (QED) is 0.154. The van der Waals surface area contributed by atoms with Gasteiger partial charge in [0.1, 0.15) is 11.3 Å². The van der Waals surface area contributed by atoms with Crippen molar-refractivity contribution in [2.45, 2.75) is 64.7 Å². The van der Waals surface area contributed by atoms with E-state index in [1.807, 2.05) is 6.07 Å². The molecule has 0 atom stereocenters. The summed E-state index contributed by atoms with van der Waals surface area (Å²) in [6, 6.07) is 79.5. The number of hydrogen-bond donors (Lipinski definition) is 0. The van der Waals surface area contributed by atoms with E-state index in [-0.39, 0.29) is 17.5 Å². The van der Waals surface area contributed by atoms with Crippen LogP contribution in [0.15, 0.2) is 217 Å². The predicted octanol–water partition coefficient (Wildman–Crippen LogP) is 18.9. The average Bonchev–Trinajstić information content (AvgIpc) is 0.843. The molecule has 11 aromatic carbocycles. The summed E-state index contributed by atoms with van der Waals surface area (Å²) in [4.78, 5) is 5.02. The summed E-state index contributed by atoms with van der Waals surface area (Å²) in [7, 11) is 0. The van der Waals surface area contributed by atoms with E-state index in [0.29, 0.717) is 26.4 Å². The molecule has 0 N–H and O–H groups in total. The Morgan fingerprint density at radius 1 is 0.424 bits per heavy atom. The van der Waals surface area contributed by atoms with Gasteiger partial charge in [0.25, 0.3) is 6.71 Å². The third kappa shape index (κ3) is 7.89. The maximum atomic E-state index is 7.11. The standard InChI is InChI=1S/C84H65BN2O5/c1-49-36-72-78-73(37-49)87(61-43-57(41-59(45-61)77-48-54-18-8-13-23-74(54)92-77)53-25-27-65-63-20-10-12-22-67(63)84(4,5)69(65)47-53)80-71(29-31-76-82(80)91-35-15-33-89-76)85(78)70-28-30-75-81(90-34-14-32-88-75)79(70)86(72)60-42-56(40-58(44-60)55-38-50-16-6-7-17-51(50)39-55)52-24-26-64-62-19-9-11-21-66(62)83(2,3)68(64)46-52/h6-13,16-31,36-38,40-48H,14-15,32-35,39H2,1-5H3. The normalized spacial score (nSPS) is 16.1. The summed E-state index contributed by atoms with van der Waals surface area (Å²) >= 11 is 0. The van der Waals surface area contributed by atoms with Crippen molar-refractivity contribution in [1.82, 2.24) is 0 Å². The Morgan fingerprint density at radius 3 is 1.53 bits per heavy atom. The number of rotatable bonds is 6. The zero-order chi connectivity index (χ0) is 61.3. The number of hydrogen-bond acceptors (Lipinski definition) is 7. The molecule has 7 nitrogen and oxygen atoms in total. The predicted molar refractivity (Wildman–Crippen MR) is 376 cm³/mol. The summed E-state index contributed by atoms with van der Waals surface area (Å²) in [6.07, 6.45) is 4.77. The van der Waals surface area contributed by atoms with Gasteiger partial charge in [-0.1, -0.05) is 161 Å². The van der Waals surface area contributed by atoms with Gasteiger partial charge in [0.2, 0.25) is 0 Å². The van der Waals surface area contributed by atoms with Crippen LogP contribution in [0.5, 0.6) is 23.0 Å². The second-order valence-corrected chi connectivity index (χ2v) is 27.2. The molecule has 444 valence electrons. The first-order valence-corrected chi connectivity index (χ1v) is 32.7. The van der Waals surface area contributed by atoms with E-state index in [1.54, 1.807) is 0 Å². The molecule has 0 saturated carbocycles. The van der Waals surface area contributed by atoms with Crippen molar-refractivity contribution in [3.63, 3.8) is 0 Å². The van der Waals surface area contributed by atoms with Crippen molar-refractivity contribution < 1.29 is 23.4 Å². The first kappa shape index (κ1) is 53.4. The molecule has 0 spiro atoms. The number of allylic oxidation sites excluding steroid dienone is 1. The molecule has 0 saturated heterocycles. The molecule has 3 aliphatic carbocycles. The van der Waals surface area contributed by atoms with Crippen molar-refractivity contribution in [3.05, 3.63) is 257 Å². The van der Waals surface area contributed by atoms with Crippen molar-refractivity contribution in [2.75, 3.05) is 36.2 Å². The number of anilines is 6. The maximum Gasteiger partial charge on any atom is 0.252 e. The highest BCUT2D eigenvalue weighted by Gasteiger charge is 2.48. The van der Waals surface area contributed by atoms with Gasteiger partial charge in [0, 0.05) is 57.4 Å². The minimum atomic E-state index is -0.263. The lowest BCUT2D eigenvalue weighted by atomic mass is 9.33. The Balaban J connectivity index is 0.874. The summed E-state index contributed by atoms with van der Waals surface area (Å²) in [6.45, 7) is 13.6. The molecule has 0 fully saturated rings. The van der Waals surface area contributed by atoms with Crippen LogP contribution in [-0.4, -0.2) is 33.1 Å². The average molecular weight is 1190 g/mol. The maximum absolute atomic E-state index is 7.11. The first-order chi connectivity index (χ1) is 45.0. The van der Waals surface area contributed by atoms with Gasteiger partial charge in [-0.05, 0) is 209 Å². The third-order valence-corrected chi connectivity index (χ3v) is 21.0. The molecule has 0 unspecified atom stereocenters. The highest BCUT2D eigenvalue weighted by Crippen LogP contribution is 2.57. The Hall–Kier alpha value is -10.4. The molecule has 4 aliphatic heterocycles. The number of aryl methyl sites for hydroxylation is 1. The van der Waals surface area contributed by atoms with Gasteiger partial charge >= 0.3 is 0 Å². The van der Waals surface area contributed by atoms with Gasteiger partial charge in [-0.2, -0.15) is 0 Å². The smallest absolute Gasteiger partial charge is 0.252 e. The molecule has 0 bridgehead atoms. The van der Waals surface area contributed by atoms with Crippen LogP contribution in [0, 0.1) is 6.92 Å². The summed E-state index contributed by atoms with van der Waals surface area (Å²) in [5, 5.41) is 1.05. The molecule has 0 amide bonds. The van der Waals surface area contributed by atoms with Gasteiger partial charge in [0.05, 0.1) is 37.8 Å². The largest absolute Gasteiger partial charge is 0.489 e. The van der Waals surface area contributed by atoms with Gasteiger partial charge < -0.3 is 33.2 Å². The fraction of sp³-hybridized carbons (Fsp3) is 0.167. The Labute approximate surface area is 536 Å². The molecule has 8 heteroatoms. The molecule has 1 aromatic heterocycles. The topological polar surface area (TPSA) is 56.5 Å². The summed E-state index contributed by atoms with van der Waals surface area (Å²) in [5.74, 6) is 3.78. The zero-order valence-electron chi connectivity index (χ0n) is 52.2. The van der Waals surface area contributed by atoms with Gasteiger partial charge in [-0.3, -0.25) is 0 Å². The van der Waals surface area contributed by atoms with Crippen LogP contribution in [0.4, 0.5) is 34.1 Å². The van der Waals surface area contributed by atoms with Crippen LogP contribution >= 0.6 is 0 Å². The highest BCUT2D eigenvalue weighted by molar-refractivity contribution is 7.00. The fourth-order valence-electron chi connectivity index (χ4n) is 16.6. The van der Waals surface area contributed by atoms with E-state index in [0.717, 1.165) is 132 Å². The lowest BCUT2D eigenvalue weighted by Gasteiger charge is -2.45. The number of nitrogens with zero attached hydrogens (tertiary/aromatic N) is 2. The fourth-order valence-corrected chi connectivity index (χ4v) is 16.6. The monoisotopic (exact) mass is 1190 g/mol. The Kier molecular flexibility index (Phi) is 11.5. The second kappa shape index (κ2) is 19.8. The lowest BCUT2D eigenvalue weighted by molar-refractivity contribution is 0.297. The second-order valence-electron chi connectivity index (χ2n) is 27.2. The van der Waals surface area contributed by atoms with Crippen LogP contribution in [-0.2, 0) is 17.3 Å². The van der Waals surface area contributed by atoms with Crippen LogP contribution in [0.25, 0.3) is 78.4 Å². The molecule has 0 radical (unpaired) electrons. The lowest BCUT2D eigenvalue weighted by Crippen LogP contribution is -2.61. The van der Waals surface area contributed by atoms with Crippen LogP contribution < -0.4 is 45.1 Å². The minimum absolute atomic E-state index is 0.178. The van der Waals surface area contributed by atoms with E-state index in [1.165, 1.54) is 77.8 Å². The number of ether oxygens (including phenoxy) is 4. The molecular weight excluding hydrogens is 1130 g/mol. The molecule has 92 heavy (non-hydrogen) atoms. The molecule has 5 heterocycles. The SMILES string of the molecule is Cc1cc2c3c(c1)N(c1cc(-c4ccc5c(c4)C(C)(C)c4ccccc4-5)cc(-c4cc5ccccc5o4)c1)c1c(ccc4c1OCCCO4)B3c1ccc3c(c1N2c1cc(C2=Cc4ccccc4C2)cc(-c2ccc4c(c2)C(C)(C)c2ccccc2-4)c1)OCCCO3. The number of fused-ring (bicyclic) bond motifs is 16. The van der Waals surface area contributed by atoms with Crippen molar-refractivity contribution in [1.29, 1.82) is 0 Å². The first-order valence-electron chi connectivity index (χ1n) is 32.7. The molecule has 12 aromatic rings. The van der Waals surface area contributed by atoms with Crippen LogP contribution in [0.2, 0.25) is 0 Å².